The number of methoxy groups -OCH3 is 1. The van der Waals surface area contributed by atoms with Crippen molar-refractivity contribution in [3.05, 3.63) is 53.6 Å². The van der Waals surface area contributed by atoms with E-state index in [4.69, 9.17) is 4.74 Å². The Bertz CT molecular complexity index is 926. The summed E-state index contributed by atoms with van der Waals surface area (Å²) >= 11 is 0. The first-order valence-electron chi connectivity index (χ1n) is 9.56. The summed E-state index contributed by atoms with van der Waals surface area (Å²) in [5, 5.41) is 8.22. The standard InChI is InChI=1S/C22H25N3O4/c1-14-7-9-19(29-2)18(11-14)24-21(27)13-23-20(26)10-8-16-12-15-5-3-4-6-17(15)25-22(16)28/h3-7,9,11,16H,8,10,12-13H2,1-2H3,(H,23,26)(H,24,27)(H,25,28)/t16-/m1/s1. The minimum atomic E-state index is -0.341. The number of hydrogen-bond donors (Lipinski definition) is 3. The van der Waals surface area contributed by atoms with Crippen molar-refractivity contribution in [1.29, 1.82) is 0 Å². The van der Waals surface area contributed by atoms with Crippen LogP contribution in [0.3, 0.4) is 0 Å². The molecular weight excluding hydrogens is 370 g/mol. The summed E-state index contributed by atoms with van der Waals surface area (Å²) in [6.07, 6.45) is 1.23. The molecule has 0 saturated carbocycles. The smallest absolute Gasteiger partial charge is 0.243 e. The zero-order valence-electron chi connectivity index (χ0n) is 16.6. The van der Waals surface area contributed by atoms with Crippen LogP contribution < -0.4 is 20.7 Å². The van der Waals surface area contributed by atoms with Gasteiger partial charge >= 0.3 is 0 Å². The van der Waals surface area contributed by atoms with Crippen LogP contribution in [0.15, 0.2) is 42.5 Å². The molecule has 2 aromatic carbocycles. The summed E-state index contributed by atoms with van der Waals surface area (Å²) in [6.45, 7) is 1.77. The minimum Gasteiger partial charge on any atom is -0.495 e. The second kappa shape index (κ2) is 9.23. The van der Waals surface area contributed by atoms with Crippen LogP contribution in [0.4, 0.5) is 11.4 Å². The monoisotopic (exact) mass is 395 g/mol. The number of fused-ring (bicyclic) bond motifs is 1. The quantitative estimate of drug-likeness (QED) is 0.671. The number of benzene rings is 2. The first-order chi connectivity index (χ1) is 14.0. The van der Waals surface area contributed by atoms with Crippen molar-refractivity contribution in [2.75, 3.05) is 24.3 Å². The lowest BCUT2D eigenvalue weighted by Gasteiger charge is -2.24. The molecule has 152 valence electrons. The molecule has 0 radical (unpaired) electrons. The van der Waals surface area contributed by atoms with E-state index in [9.17, 15) is 14.4 Å². The fourth-order valence-electron chi connectivity index (χ4n) is 3.33. The third kappa shape index (κ3) is 5.34. The number of nitrogens with one attached hydrogen (secondary N) is 3. The summed E-state index contributed by atoms with van der Waals surface area (Å²) in [4.78, 5) is 36.5. The Balaban J connectivity index is 1.45. The van der Waals surface area contributed by atoms with Gasteiger partial charge in [-0.3, -0.25) is 14.4 Å². The largest absolute Gasteiger partial charge is 0.495 e. The molecule has 0 saturated heterocycles. The van der Waals surface area contributed by atoms with Crippen LogP contribution in [0.1, 0.15) is 24.0 Å². The van der Waals surface area contributed by atoms with Crippen molar-refractivity contribution < 1.29 is 19.1 Å². The summed E-state index contributed by atoms with van der Waals surface area (Å²) in [7, 11) is 1.53. The second-order valence-electron chi connectivity index (χ2n) is 7.11. The molecule has 1 heterocycles. The highest BCUT2D eigenvalue weighted by molar-refractivity contribution is 5.97. The third-order valence-corrected chi connectivity index (χ3v) is 4.91. The second-order valence-corrected chi connectivity index (χ2v) is 7.11. The SMILES string of the molecule is COc1ccc(C)cc1NC(=O)CNC(=O)CC[C@@H]1Cc2ccccc2NC1=O. The third-order valence-electron chi connectivity index (χ3n) is 4.91. The van der Waals surface area contributed by atoms with E-state index in [-0.39, 0.29) is 36.6 Å². The molecule has 7 nitrogen and oxygen atoms in total. The van der Waals surface area contributed by atoms with Crippen molar-refractivity contribution in [2.45, 2.75) is 26.2 Å². The van der Waals surface area contributed by atoms with Crippen molar-refractivity contribution in [3.63, 3.8) is 0 Å². The highest BCUT2D eigenvalue weighted by atomic mass is 16.5. The Morgan fingerprint density at radius 2 is 1.97 bits per heavy atom. The molecule has 3 amide bonds. The van der Waals surface area contributed by atoms with E-state index < -0.39 is 0 Å². The van der Waals surface area contributed by atoms with Crippen molar-refractivity contribution in [2.24, 2.45) is 5.92 Å². The summed E-state index contributed by atoms with van der Waals surface area (Å²) in [5.41, 5.74) is 3.45. The number of hydrogen-bond acceptors (Lipinski definition) is 4. The lowest BCUT2D eigenvalue weighted by molar-refractivity contribution is -0.125. The first kappa shape index (κ1) is 20.4. The topological polar surface area (TPSA) is 96.5 Å². The number of rotatable bonds is 7. The van der Waals surface area contributed by atoms with E-state index in [0.717, 1.165) is 16.8 Å². The van der Waals surface area contributed by atoms with Gasteiger partial charge < -0.3 is 20.7 Å². The van der Waals surface area contributed by atoms with E-state index >= 15 is 0 Å². The summed E-state index contributed by atoms with van der Waals surface area (Å²) < 4.78 is 5.23. The van der Waals surface area contributed by atoms with Crippen LogP contribution in [-0.4, -0.2) is 31.4 Å². The van der Waals surface area contributed by atoms with E-state index in [0.29, 0.717) is 24.3 Å². The van der Waals surface area contributed by atoms with Crippen LogP contribution >= 0.6 is 0 Å². The van der Waals surface area contributed by atoms with Gasteiger partial charge in [0.15, 0.2) is 0 Å². The summed E-state index contributed by atoms with van der Waals surface area (Å²) in [6, 6.07) is 13.1. The molecule has 0 aromatic heterocycles. The zero-order chi connectivity index (χ0) is 20.8. The van der Waals surface area contributed by atoms with Gasteiger partial charge in [0.2, 0.25) is 17.7 Å². The molecule has 29 heavy (non-hydrogen) atoms. The molecule has 1 aliphatic rings. The Morgan fingerprint density at radius 3 is 2.76 bits per heavy atom. The molecule has 0 bridgehead atoms. The molecular formula is C22H25N3O4. The first-order valence-corrected chi connectivity index (χ1v) is 9.56. The van der Waals surface area contributed by atoms with Gasteiger partial charge in [0.1, 0.15) is 5.75 Å². The number of amides is 3. The molecule has 3 N–H and O–H groups in total. The molecule has 2 aromatic rings. The molecule has 0 unspecified atom stereocenters. The molecule has 7 heteroatoms. The number of para-hydroxylation sites is 1. The molecule has 0 spiro atoms. The Hall–Kier alpha value is -3.35. The molecule has 1 aliphatic heterocycles. The maximum atomic E-state index is 12.2. The number of aryl methyl sites for hydroxylation is 1. The van der Waals surface area contributed by atoms with Crippen LogP contribution in [0.5, 0.6) is 5.75 Å². The Labute approximate surface area is 169 Å². The fraction of sp³-hybridized carbons (Fsp3) is 0.318. The minimum absolute atomic E-state index is 0.0687. The molecule has 0 fully saturated rings. The number of ether oxygens (including phenoxy) is 1. The van der Waals surface area contributed by atoms with Gasteiger partial charge in [-0.25, -0.2) is 0 Å². The van der Waals surface area contributed by atoms with Crippen molar-refractivity contribution >= 4 is 29.1 Å². The van der Waals surface area contributed by atoms with Gasteiger partial charge in [0.25, 0.3) is 0 Å². The van der Waals surface area contributed by atoms with E-state index in [1.54, 1.807) is 12.1 Å². The van der Waals surface area contributed by atoms with Gasteiger partial charge in [0.05, 0.1) is 19.3 Å². The zero-order valence-corrected chi connectivity index (χ0v) is 16.6. The maximum Gasteiger partial charge on any atom is 0.243 e. The lowest BCUT2D eigenvalue weighted by Crippen LogP contribution is -2.34. The molecule has 1 atom stereocenters. The highest BCUT2D eigenvalue weighted by Crippen LogP contribution is 2.27. The van der Waals surface area contributed by atoms with E-state index in [2.05, 4.69) is 16.0 Å². The fourth-order valence-corrected chi connectivity index (χ4v) is 3.33. The lowest BCUT2D eigenvalue weighted by atomic mass is 9.89. The van der Waals surface area contributed by atoms with Crippen LogP contribution in [0, 0.1) is 12.8 Å². The number of carbonyl (C=O) groups excluding carboxylic acids is 3. The van der Waals surface area contributed by atoms with Gasteiger partial charge in [-0.15, -0.1) is 0 Å². The van der Waals surface area contributed by atoms with Crippen molar-refractivity contribution in [3.8, 4) is 5.75 Å². The number of anilines is 2. The molecule has 0 aliphatic carbocycles. The van der Waals surface area contributed by atoms with Crippen LogP contribution in [0.25, 0.3) is 0 Å². The molecule has 3 rings (SSSR count). The van der Waals surface area contributed by atoms with E-state index in [1.165, 1.54) is 7.11 Å². The van der Waals surface area contributed by atoms with Gasteiger partial charge in [-0.05, 0) is 49.1 Å². The van der Waals surface area contributed by atoms with Gasteiger partial charge in [0, 0.05) is 18.0 Å². The van der Waals surface area contributed by atoms with Crippen LogP contribution in [-0.2, 0) is 20.8 Å². The maximum absolute atomic E-state index is 12.2. The summed E-state index contributed by atoms with van der Waals surface area (Å²) in [5.74, 6) is -0.365. The normalized spacial score (nSPS) is 15.1. The Kier molecular flexibility index (Phi) is 6.49. The Morgan fingerprint density at radius 1 is 1.17 bits per heavy atom. The predicted molar refractivity (Wildman–Crippen MR) is 111 cm³/mol. The highest BCUT2D eigenvalue weighted by Gasteiger charge is 2.26. The van der Waals surface area contributed by atoms with E-state index in [1.807, 2.05) is 37.3 Å². The number of carbonyl (C=O) groups is 3. The van der Waals surface area contributed by atoms with Crippen LogP contribution in [0.2, 0.25) is 0 Å². The van der Waals surface area contributed by atoms with Crippen molar-refractivity contribution in [1.82, 2.24) is 5.32 Å². The predicted octanol–water partition coefficient (Wildman–Crippen LogP) is 2.65. The average Bonchev–Trinajstić information content (AvgIpc) is 2.71. The van der Waals surface area contributed by atoms with Gasteiger partial charge in [-0.1, -0.05) is 24.3 Å². The van der Waals surface area contributed by atoms with Gasteiger partial charge in [-0.2, -0.15) is 0 Å². The average molecular weight is 395 g/mol.